The first-order valence-corrected chi connectivity index (χ1v) is 5.46. The van der Waals surface area contributed by atoms with Gasteiger partial charge < -0.3 is 4.74 Å². The quantitative estimate of drug-likeness (QED) is 0.693. The molecular weight excluding hydrogens is 274 g/mol. The van der Waals surface area contributed by atoms with Crippen LogP contribution in [0, 0.1) is 6.10 Å². The Labute approximate surface area is 105 Å². The summed E-state index contributed by atoms with van der Waals surface area (Å²) < 4.78 is 80.7. The summed E-state index contributed by atoms with van der Waals surface area (Å²) in [5.41, 5.74) is -2.79. The molecule has 1 saturated heterocycles. The highest BCUT2D eigenvalue weighted by Gasteiger charge is 2.38. The summed E-state index contributed by atoms with van der Waals surface area (Å²) in [4.78, 5) is 0. The van der Waals surface area contributed by atoms with Crippen LogP contribution in [0.25, 0.3) is 0 Å². The molecule has 1 aromatic rings. The molecule has 105 valence electrons. The summed E-state index contributed by atoms with van der Waals surface area (Å²) in [6.07, 6.45) is -8.54. The van der Waals surface area contributed by atoms with Crippen LogP contribution in [0.3, 0.4) is 0 Å². The Morgan fingerprint density at radius 1 is 0.842 bits per heavy atom. The number of hydrogen-bond acceptors (Lipinski definition) is 1. The van der Waals surface area contributed by atoms with Crippen LogP contribution in [0.15, 0.2) is 18.2 Å². The third-order valence-corrected chi connectivity index (χ3v) is 2.73. The van der Waals surface area contributed by atoms with Gasteiger partial charge in [-0.05, 0) is 36.6 Å². The van der Waals surface area contributed by atoms with Crippen molar-refractivity contribution in [2.24, 2.45) is 0 Å². The maximum absolute atomic E-state index is 12.6. The van der Waals surface area contributed by atoms with E-state index in [0.717, 1.165) is 0 Å². The first-order chi connectivity index (χ1) is 8.68. The molecule has 0 unspecified atom stereocenters. The molecule has 1 aliphatic rings. The lowest BCUT2D eigenvalue weighted by atomic mass is 9.99. The van der Waals surface area contributed by atoms with Crippen LogP contribution in [-0.4, -0.2) is 6.61 Å². The van der Waals surface area contributed by atoms with Crippen LogP contribution >= 0.6 is 0 Å². The zero-order valence-electron chi connectivity index (χ0n) is 9.53. The first-order valence-electron chi connectivity index (χ1n) is 5.46. The molecule has 1 aromatic carbocycles. The average molecular weight is 283 g/mol. The van der Waals surface area contributed by atoms with Gasteiger partial charge in [-0.3, -0.25) is 0 Å². The van der Waals surface area contributed by atoms with E-state index < -0.39 is 23.5 Å². The highest BCUT2D eigenvalue weighted by molar-refractivity contribution is 5.39. The Morgan fingerprint density at radius 3 is 1.74 bits per heavy atom. The number of halogens is 6. The number of ether oxygens (including phenoxy) is 1. The molecule has 0 saturated carbocycles. The minimum atomic E-state index is -4.82. The zero-order chi connectivity index (χ0) is 14.3. The van der Waals surface area contributed by atoms with Gasteiger partial charge in [0.1, 0.15) is 6.10 Å². The van der Waals surface area contributed by atoms with Gasteiger partial charge in [0.05, 0.1) is 11.1 Å². The van der Waals surface area contributed by atoms with Gasteiger partial charge in [-0.1, -0.05) is 0 Å². The van der Waals surface area contributed by atoms with Gasteiger partial charge in [-0.15, -0.1) is 0 Å². The fourth-order valence-corrected chi connectivity index (χ4v) is 1.84. The third-order valence-electron chi connectivity index (χ3n) is 2.73. The number of rotatable bonds is 1. The molecule has 0 atom stereocenters. The lowest BCUT2D eigenvalue weighted by Crippen LogP contribution is -2.13. The van der Waals surface area contributed by atoms with Crippen LogP contribution in [0.4, 0.5) is 26.3 Å². The maximum atomic E-state index is 12.6. The number of hydrogen-bond donors (Lipinski definition) is 0. The van der Waals surface area contributed by atoms with Gasteiger partial charge in [-0.2, -0.15) is 26.3 Å². The summed E-state index contributed by atoms with van der Waals surface area (Å²) in [5.74, 6) is 0. The van der Waals surface area contributed by atoms with Crippen LogP contribution in [0.5, 0.6) is 0 Å². The van der Waals surface area contributed by atoms with Crippen molar-refractivity contribution in [2.45, 2.75) is 25.2 Å². The molecule has 0 amide bonds. The first kappa shape index (κ1) is 14.2. The smallest absolute Gasteiger partial charge is 0.367 e. The lowest BCUT2D eigenvalue weighted by molar-refractivity contribution is -0.143. The summed E-state index contributed by atoms with van der Waals surface area (Å²) in [5, 5.41) is 0. The SMILES string of the molecule is FC(F)(F)c1cc([C]2CCCO2)cc(C(F)(F)F)c1. The maximum Gasteiger partial charge on any atom is 0.416 e. The van der Waals surface area contributed by atoms with E-state index in [1.807, 2.05) is 0 Å². The second-order valence-electron chi connectivity index (χ2n) is 4.17. The van der Waals surface area contributed by atoms with Crippen molar-refractivity contribution in [3.63, 3.8) is 0 Å². The summed E-state index contributed by atoms with van der Waals surface area (Å²) in [7, 11) is 0. The molecule has 0 bridgehead atoms. The van der Waals surface area contributed by atoms with E-state index in [4.69, 9.17) is 4.74 Å². The molecule has 1 fully saturated rings. The molecule has 0 aromatic heterocycles. The highest BCUT2D eigenvalue weighted by atomic mass is 19.4. The van der Waals surface area contributed by atoms with Gasteiger partial charge in [0.2, 0.25) is 0 Å². The van der Waals surface area contributed by atoms with Crippen LogP contribution < -0.4 is 0 Å². The topological polar surface area (TPSA) is 9.23 Å². The van der Waals surface area contributed by atoms with Gasteiger partial charge in [-0.25, -0.2) is 0 Å². The normalized spacial score (nSPS) is 18.0. The van der Waals surface area contributed by atoms with Crippen molar-refractivity contribution in [1.82, 2.24) is 0 Å². The van der Waals surface area contributed by atoms with E-state index in [1.165, 1.54) is 0 Å². The number of alkyl halides is 6. The minimum absolute atomic E-state index is 0.110. The Bertz CT molecular complexity index is 424. The van der Waals surface area contributed by atoms with E-state index in [-0.39, 0.29) is 17.7 Å². The van der Waals surface area contributed by atoms with Crippen molar-refractivity contribution in [1.29, 1.82) is 0 Å². The van der Waals surface area contributed by atoms with E-state index in [9.17, 15) is 26.3 Å². The van der Waals surface area contributed by atoms with Crippen molar-refractivity contribution in [2.75, 3.05) is 6.61 Å². The fourth-order valence-electron chi connectivity index (χ4n) is 1.84. The molecule has 2 rings (SSSR count). The fraction of sp³-hybridized carbons (Fsp3) is 0.417. The van der Waals surface area contributed by atoms with Crippen LogP contribution in [0.1, 0.15) is 29.5 Å². The molecule has 1 heterocycles. The molecule has 0 spiro atoms. The molecule has 19 heavy (non-hydrogen) atoms. The molecule has 1 nitrogen and oxygen atoms in total. The molecule has 0 N–H and O–H groups in total. The Hall–Kier alpha value is -1.24. The summed E-state index contributed by atoms with van der Waals surface area (Å²) in [6, 6.07) is 1.49. The van der Waals surface area contributed by atoms with Crippen molar-refractivity contribution in [3.05, 3.63) is 41.0 Å². The third kappa shape index (κ3) is 3.20. The molecule has 1 radical (unpaired) electrons. The Kier molecular flexibility index (Phi) is 3.51. The molecule has 7 heteroatoms. The average Bonchev–Trinajstić information content (AvgIpc) is 2.79. The summed E-state index contributed by atoms with van der Waals surface area (Å²) >= 11 is 0. The predicted molar refractivity (Wildman–Crippen MR) is 54.0 cm³/mol. The second kappa shape index (κ2) is 4.70. The summed E-state index contributed by atoms with van der Waals surface area (Å²) in [6.45, 7) is 0.312. The standard InChI is InChI=1S/C12H9F6O/c13-11(14,15)8-4-7(10-2-1-3-19-10)5-9(6-8)12(16,17)18/h4-6H,1-3H2. The number of benzene rings is 1. The second-order valence-corrected chi connectivity index (χ2v) is 4.17. The monoisotopic (exact) mass is 283 g/mol. The van der Waals surface area contributed by atoms with E-state index in [2.05, 4.69) is 0 Å². The van der Waals surface area contributed by atoms with Crippen molar-refractivity contribution < 1.29 is 31.1 Å². The highest BCUT2D eigenvalue weighted by Crippen LogP contribution is 2.39. The molecular formula is C12H9F6O. The van der Waals surface area contributed by atoms with Gasteiger partial charge in [0.15, 0.2) is 0 Å². The van der Waals surface area contributed by atoms with Crippen molar-refractivity contribution >= 4 is 0 Å². The van der Waals surface area contributed by atoms with E-state index in [0.29, 0.717) is 31.6 Å². The molecule has 0 aliphatic carbocycles. The van der Waals surface area contributed by atoms with E-state index in [1.54, 1.807) is 0 Å². The Balaban J connectivity index is 2.48. The van der Waals surface area contributed by atoms with Crippen LogP contribution in [0.2, 0.25) is 0 Å². The van der Waals surface area contributed by atoms with Gasteiger partial charge in [0.25, 0.3) is 0 Å². The van der Waals surface area contributed by atoms with Gasteiger partial charge in [0, 0.05) is 6.61 Å². The van der Waals surface area contributed by atoms with Crippen LogP contribution in [-0.2, 0) is 17.1 Å². The Morgan fingerprint density at radius 2 is 1.37 bits per heavy atom. The van der Waals surface area contributed by atoms with E-state index >= 15 is 0 Å². The predicted octanol–water partition coefficient (Wildman–Crippen LogP) is 4.41. The minimum Gasteiger partial charge on any atom is -0.367 e. The zero-order valence-corrected chi connectivity index (χ0v) is 9.53. The van der Waals surface area contributed by atoms with Crippen molar-refractivity contribution in [3.8, 4) is 0 Å². The lowest BCUT2D eigenvalue weighted by Gasteiger charge is -2.16. The van der Waals surface area contributed by atoms with Gasteiger partial charge >= 0.3 is 12.4 Å². The molecule has 1 aliphatic heterocycles. The largest absolute Gasteiger partial charge is 0.416 e.